The molecule has 0 saturated heterocycles. The molecular formula is C9H20N2O4S. The van der Waals surface area contributed by atoms with Crippen molar-refractivity contribution in [1.82, 2.24) is 9.03 Å². The molecule has 0 heterocycles. The van der Waals surface area contributed by atoms with Gasteiger partial charge in [0.1, 0.15) is 0 Å². The molecule has 2 N–H and O–H groups in total. The first-order chi connectivity index (χ1) is 7.29. The van der Waals surface area contributed by atoms with Crippen molar-refractivity contribution in [2.24, 2.45) is 0 Å². The first-order valence-corrected chi connectivity index (χ1v) is 6.69. The third-order valence-electron chi connectivity index (χ3n) is 2.07. The second kappa shape index (κ2) is 6.82. The summed E-state index contributed by atoms with van der Waals surface area (Å²) in [6.07, 6.45) is 1.47. The van der Waals surface area contributed by atoms with Gasteiger partial charge < -0.3 is 5.11 Å². The summed E-state index contributed by atoms with van der Waals surface area (Å²) in [5.41, 5.74) is 0. The molecule has 0 saturated carbocycles. The molecule has 1 atom stereocenters. The topological polar surface area (TPSA) is 86.7 Å². The molecule has 16 heavy (non-hydrogen) atoms. The SMILES string of the molecule is CCCCN(C)S(=O)(=O)NC(C)CC(=O)O. The van der Waals surface area contributed by atoms with E-state index < -0.39 is 22.2 Å². The lowest BCUT2D eigenvalue weighted by molar-refractivity contribution is -0.137. The molecule has 1 unspecified atom stereocenters. The maximum atomic E-state index is 11.7. The Morgan fingerprint density at radius 3 is 2.50 bits per heavy atom. The molecule has 0 aromatic rings. The summed E-state index contributed by atoms with van der Waals surface area (Å²) in [6, 6.07) is -0.605. The van der Waals surface area contributed by atoms with E-state index >= 15 is 0 Å². The van der Waals surface area contributed by atoms with Crippen molar-refractivity contribution in [1.29, 1.82) is 0 Å². The highest BCUT2D eigenvalue weighted by molar-refractivity contribution is 7.87. The minimum atomic E-state index is -3.56. The van der Waals surface area contributed by atoms with E-state index in [0.29, 0.717) is 6.54 Å². The summed E-state index contributed by atoms with van der Waals surface area (Å²) in [6.45, 7) is 3.94. The van der Waals surface area contributed by atoms with Gasteiger partial charge in [0.05, 0.1) is 6.42 Å². The summed E-state index contributed by atoms with van der Waals surface area (Å²) < 4.78 is 26.8. The standard InChI is InChI=1S/C9H20N2O4S/c1-4-5-6-11(3)16(14,15)10-8(2)7-9(12)13/h8,10H,4-7H2,1-3H3,(H,12,13). The number of nitrogens with zero attached hydrogens (tertiary/aromatic N) is 1. The Labute approximate surface area is 96.8 Å². The quantitative estimate of drug-likeness (QED) is 0.655. The molecule has 0 aromatic heterocycles. The number of aliphatic carboxylic acids is 1. The monoisotopic (exact) mass is 252 g/mol. The van der Waals surface area contributed by atoms with Crippen LogP contribution in [-0.2, 0) is 15.0 Å². The van der Waals surface area contributed by atoms with Crippen molar-refractivity contribution in [3.63, 3.8) is 0 Å². The van der Waals surface area contributed by atoms with Crippen molar-refractivity contribution in [2.45, 2.75) is 39.2 Å². The van der Waals surface area contributed by atoms with E-state index in [9.17, 15) is 13.2 Å². The predicted octanol–water partition coefficient (Wildman–Crippen LogP) is 0.416. The number of nitrogens with one attached hydrogen (secondary N) is 1. The molecule has 6 nitrogen and oxygen atoms in total. The summed E-state index contributed by atoms with van der Waals surface area (Å²) in [5, 5.41) is 8.51. The van der Waals surface area contributed by atoms with Crippen LogP contribution in [0.15, 0.2) is 0 Å². The van der Waals surface area contributed by atoms with Crippen molar-refractivity contribution < 1.29 is 18.3 Å². The van der Waals surface area contributed by atoms with Gasteiger partial charge in [-0.05, 0) is 13.3 Å². The van der Waals surface area contributed by atoms with Crippen molar-refractivity contribution in [2.75, 3.05) is 13.6 Å². The second-order valence-electron chi connectivity index (χ2n) is 3.80. The van der Waals surface area contributed by atoms with Crippen LogP contribution in [0.25, 0.3) is 0 Å². The molecule has 96 valence electrons. The van der Waals surface area contributed by atoms with Crippen LogP contribution in [0.2, 0.25) is 0 Å². The van der Waals surface area contributed by atoms with E-state index in [4.69, 9.17) is 5.11 Å². The zero-order chi connectivity index (χ0) is 12.8. The fourth-order valence-corrected chi connectivity index (χ4v) is 2.29. The highest BCUT2D eigenvalue weighted by Crippen LogP contribution is 2.01. The first kappa shape index (κ1) is 15.3. The number of rotatable bonds is 8. The van der Waals surface area contributed by atoms with E-state index in [1.165, 1.54) is 18.3 Å². The van der Waals surface area contributed by atoms with Crippen LogP contribution in [-0.4, -0.2) is 43.4 Å². The normalized spacial score (nSPS) is 14.0. The Kier molecular flexibility index (Phi) is 6.54. The molecule has 0 aliphatic rings. The number of carboxylic acids is 1. The molecule has 0 spiro atoms. The van der Waals surface area contributed by atoms with Gasteiger partial charge in [-0.25, -0.2) is 0 Å². The van der Waals surface area contributed by atoms with Gasteiger partial charge in [-0.1, -0.05) is 13.3 Å². The molecule has 0 radical (unpaired) electrons. The van der Waals surface area contributed by atoms with E-state index in [1.54, 1.807) is 0 Å². The van der Waals surface area contributed by atoms with Crippen LogP contribution in [0.5, 0.6) is 0 Å². The fraction of sp³-hybridized carbons (Fsp3) is 0.889. The average Bonchev–Trinajstić information content (AvgIpc) is 2.11. The van der Waals surface area contributed by atoms with Crippen LogP contribution in [0.4, 0.5) is 0 Å². The minimum Gasteiger partial charge on any atom is -0.481 e. The molecule has 0 fully saturated rings. The van der Waals surface area contributed by atoms with Gasteiger partial charge in [0.2, 0.25) is 0 Å². The Bertz CT molecular complexity index is 315. The average molecular weight is 252 g/mol. The highest BCUT2D eigenvalue weighted by Gasteiger charge is 2.20. The van der Waals surface area contributed by atoms with Gasteiger partial charge in [-0.2, -0.15) is 17.4 Å². The van der Waals surface area contributed by atoms with E-state index in [-0.39, 0.29) is 6.42 Å². The molecule has 0 aliphatic heterocycles. The number of carbonyl (C=O) groups is 1. The summed E-state index contributed by atoms with van der Waals surface area (Å²) in [5.74, 6) is -1.02. The molecule has 0 bridgehead atoms. The summed E-state index contributed by atoms with van der Waals surface area (Å²) >= 11 is 0. The predicted molar refractivity (Wildman–Crippen MR) is 61.3 cm³/mol. The van der Waals surface area contributed by atoms with Crippen LogP contribution in [0, 0.1) is 0 Å². The Balaban J connectivity index is 4.27. The zero-order valence-electron chi connectivity index (χ0n) is 9.93. The van der Waals surface area contributed by atoms with Crippen molar-refractivity contribution in [3.05, 3.63) is 0 Å². The van der Waals surface area contributed by atoms with Crippen LogP contribution < -0.4 is 4.72 Å². The second-order valence-corrected chi connectivity index (χ2v) is 5.61. The van der Waals surface area contributed by atoms with Gasteiger partial charge in [-0.15, -0.1) is 0 Å². The minimum absolute atomic E-state index is 0.221. The van der Waals surface area contributed by atoms with Gasteiger partial charge in [0.25, 0.3) is 10.2 Å². The number of hydrogen-bond acceptors (Lipinski definition) is 3. The number of unbranched alkanes of at least 4 members (excludes halogenated alkanes) is 1. The molecule has 0 aliphatic carbocycles. The number of hydrogen-bond donors (Lipinski definition) is 2. The number of carboxylic acid groups (broad SMARTS) is 1. The zero-order valence-corrected chi connectivity index (χ0v) is 10.7. The lowest BCUT2D eigenvalue weighted by Crippen LogP contribution is -2.43. The van der Waals surface area contributed by atoms with Gasteiger partial charge in [0, 0.05) is 19.6 Å². The Morgan fingerprint density at radius 1 is 1.50 bits per heavy atom. The van der Waals surface area contributed by atoms with Crippen LogP contribution in [0.3, 0.4) is 0 Å². The van der Waals surface area contributed by atoms with E-state index in [1.807, 2.05) is 6.92 Å². The molecule has 0 rings (SSSR count). The molecule has 7 heteroatoms. The Hall–Kier alpha value is -0.660. The summed E-state index contributed by atoms with van der Waals surface area (Å²) in [7, 11) is -2.08. The molecule has 0 aromatic carbocycles. The van der Waals surface area contributed by atoms with E-state index in [0.717, 1.165) is 12.8 Å². The highest BCUT2D eigenvalue weighted by atomic mass is 32.2. The van der Waals surface area contributed by atoms with Gasteiger partial charge in [0.15, 0.2) is 0 Å². The smallest absolute Gasteiger partial charge is 0.304 e. The lowest BCUT2D eigenvalue weighted by Gasteiger charge is -2.20. The first-order valence-electron chi connectivity index (χ1n) is 5.25. The largest absolute Gasteiger partial charge is 0.481 e. The Morgan fingerprint density at radius 2 is 2.06 bits per heavy atom. The molecule has 0 amide bonds. The maximum Gasteiger partial charge on any atom is 0.304 e. The van der Waals surface area contributed by atoms with Crippen LogP contribution >= 0.6 is 0 Å². The van der Waals surface area contributed by atoms with Gasteiger partial charge >= 0.3 is 5.97 Å². The van der Waals surface area contributed by atoms with Crippen molar-refractivity contribution in [3.8, 4) is 0 Å². The fourth-order valence-electron chi connectivity index (χ4n) is 1.15. The third-order valence-corrected chi connectivity index (χ3v) is 3.77. The summed E-state index contributed by atoms with van der Waals surface area (Å²) in [4.78, 5) is 10.4. The molecular weight excluding hydrogens is 232 g/mol. The van der Waals surface area contributed by atoms with Crippen LogP contribution in [0.1, 0.15) is 33.1 Å². The van der Waals surface area contributed by atoms with Crippen molar-refractivity contribution >= 4 is 16.2 Å². The van der Waals surface area contributed by atoms with E-state index in [2.05, 4.69) is 4.72 Å². The third kappa shape index (κ3) is 6.04. The maximum absolute atomic E-state index is 11.7. The van der Waals surface area contributed by atoms with Gasteiger partial charge in [-0.3, -0.25) is 4.79 Å². The lowest BCUT2D eigenvalue weighted by atomic mass is 10.3.